The van der Waals surface area contributed by atoms with Gasteiger partial charge in [-0.25, -0.2) is 8.42 Å². The van der Waals surface area contributed by atoms with Crippen LogP contribution in [0.15, 0.2) is 58.1 Å². The molecule has 184 valence electrons. The number of benzene rings is 2. The van der Waals surface area contributed by atoms with Crippen molar-refractivity contribution >= 4 is 55.0 Å². The fourth-order valence-electron chi connectivity index (χ4n) is 4.68. The quantitative estimate of drug-likeness (QED) is 0.534. The van der Waals surface area contributed by atoms with Crippen molar-refractivity contribution < 1.29 is 13.2 Å². The van der Waals surface area contributed by atoms with Gasteiger partial charge in [0.05, 0.1) is 22.0 Å². The molecule has 0 saturated carbocycles. The number of halogens is 1. The molecule has 2 saturated heterocycles. The molecular formula is C25H27ClN4O3S2. The van der Waals surface area contributed by atoms with Crippen LogP contribution in [0.3, 0.4) is 0 Å². The highest BCUT2D eigenvalue weighted by molar-refractivity contribution is 8.14. The number of carbonyl (C=O) groups excluding carboxylic acids is 1. The third kappa shape index (κ3) is 5.50. The number of carbonyl (C=O) groups is 1. The molecule has 2 aliphatic rings. The van der Waals surface area contributed by atoms with Gasteiger partial charge in [-0.1, -0.05) is 35.5 Å². The number of hydrogen-bond acceptors (Lipinski definition) is 6. The molecule has 0 aromatic heterocycles. The molecule has 35 heavy (non-hydrogen) atoms. The van der Waals surface area contributed by atoms with Crippen LogP contribution < -0.4 is 0 Å². The lowest BCUT2D eigenvalue weighted by atomic mass is 9.91. The van der Waals surface area contributed by atoms with Gasteiger partial charge in [-0.2, -0.15) is 5.26 Å². The van der Waals surface area contributed by atoms with Gasteiger partial charge in [0.15, 0.2) is 15.0 Å². The van der Waals surface area contributed by atoms with E-state index < -0.39 is 9.84 Å². The summed E-state index contributed by atoms with van der Waals surface area (Å²) in [5.41, 5.74) is 0.951. The Bertz CT molecular complexity index is 1340. The van der Waals surface area contributed by atoms with Crippen molar-refractivity contribution in [1.29, 1.82) is 5.26 Å². The number of thioether (sulfide) groups is 1. The van der Waals surface area contributed by atoms with Crippen LogP contribution >= 0.6 is 23.4 Å². The number of rotatable bonds is 5. The van der Waals surface area contributed by atoms with E-state index in [9.17, 15) is 18.5 Å². The van der Waals surface area contributed by atoms with E-state index in [0.717, 1.165) is 34.5 Å². The van der Waals surface area contributed by atoms with Gasteiger partial charge in [0.25, 0.3) is 0 Å². The average molecular weight is 531 g/mol. The van der Waals surface area contributed by atoms with Crippen molar-refractivity contribution in [3.63, 3.8) is 0 Å². The van der Waals surface area contributed by atoms with E-state index in [2.05, 4.69) is 11.1 Å². The van der Waals surface area contributed by atoms with E-state index in [-0.39, 0.29) is 28.2 Å². The molecule has 1 amide bonds. The number of likely N-dealkylation sites (tertiary alicyclic amines) is 1. The second-order valence-electron chi connectivity index (χ2n) is 8.74. The molecule has 1 atom stereocenters. The van der Waals surface area contributed by atoms with Gasteiger partial charge in [-0.05, 0) is 53.8 Å². The zero-order valence-corrected chi connectivity index (χ0v) is 22.0. The van der Waals surface area contributed by atoms with Gasteiger partial charge < -0.3 is 9.80 Å². The standard InChI is InChI=1S/C25H27ClN4O3S2/c1-28-25-29(2)22(7-11-27)24(34-25)17-8-12-30(13-9-17)23(31)10-14-35(32,33)21-6-4-18-15-20(26)5-3-19(18)16-21/h3-7,15-17,24H,8-10,12-14H2,1-2H3/b22-7+,28-25-. The van der Waals surface area contributed by atoms with Crippen molar-refractivity contribution in [2.75, 3.05) is 32.9 Å². The molecule has 4 rings (SSSR count). The van der Waals surface area contributed by atoms with Gasteiger partial charge in [0, 0.05) is 50.4 Å². The summed E-state index contributed by atoms with van der Waals surface area (Å²) in [5.74, 6) is -0.0425. The third-order valence-electron chi connectivity index (χ3n) is 6.64. The molecule has 1 unspecified atom stereocenters. The normalized spacial score (nSPS) is 21.7. The number of hydrogen-bond donors (Lipinski definition) is 0. The smallest absolute Gasteiger partial charge is 0.223 e. The first-order valence-corrected chi connectivity index (χ1v) is 14.3. The first-order valence-electron chi connectivity index (χ1n) is 11.4. The summed E-state index contributed by atoms with van der Waals surface area (Å²) in [6.07, 6.45) is 3.15. The predicted molar refractivity (Wildman–Crippen MR) is 141 cm³/mol. The summed E-state index contributed by atoms with van der Waals surface area (Å²) in [5, 5.41) is 12.5. The van der Waals surface area contributed by atoms with Crippen molar-refractivity contribution in [3.05, 3.63) is 53.2 Å². The number of allylic oxidation sites excluding steroid dienone is 1. The van der Waals surface area contributed by atoms with Crippen LogP contribution in [0.1, 0.15) is 19.3 Å². The van der Waals surface area contributed by atoms with Crippen molar-refractivity contribution in [2.24, 2.45) is 10.9 Å². The maximum Gasteiger partial charge on any atom is 0.223 e. The first kappa shape index (κ1) is 25.5. The van der Waals surface area contributed by atoms with Crippen molar-refractivity contribution in [1.82, 2.24) is 9.80 Å². The Morgan fingerprint density at radius 2 is 1.91 bits per heavy atom. The Kier molecular flexibility index (Phi) is 7.74. The van der Waals surface area contributed by atoms with Crippen LogP contribution in [0.2, 0.25) is 5.02 Å². The Labute approximate surface area is 215 Å². The van der Waals surface area contributed by atoms with E-state index >= 15 is 0 Å². The van der Waals surface area contributed by atoms with Crippen LogP contribution in [0, 0.1) is 17.2 Å². The fraction of sp³-hybridized carbons (Fsp3) is 0.400. The Morgan fingerprint density at radius 1 is 1.23 bits per heavy atom. The highest BCUT2D eigenvalue weighted by Crippen LogP contribution is 2.41. The highest BCUT2D eigenvalue weighted by atomic mass is 35.5. The molecule has 0 radical (unpaired) electrons. The van der Waals surface area contributed by atoms with Crippen LogP contribution in [-0.4, -0.2) is 67.5 Å². The topological polar surface area (TPSA) is 93.8 Å². The zero-order chi connectivity index (χ0) is 25.2. The Hall–Kier alpha value is -2.54. The van der Waals surface area contributed by atoms with Gasteiger partial charge in [-0.15, -0.1) is 0 Å². The molecule has 7 nitrogen and oxygen atoms in total. The molecule has 2 fully saturated rings. The minimum Gasteiger partial charge on any atom is -0.343 e. The maximum atomic E-state index is 12.9. The predicted octanol–water partition coefficient (Wildman–Crippen LogP) is 4.34. The second-order valence-corrected chi connectivity index (χ2v) is 12.4. The SMILES string of the molecule is C/N=C1\SC(C2CCN(C(=O)CCS(=O)(=O)c3ccc4cc(Cl)ccc4c3)CC2)/C(=C\C#N)N1C. The van der Waals surface area contributed by atoms with Gasteiger partial charge in [-0.3, -0.25) is 9.79 Å². The highest BCUT2D eigenvalue weighted by Gasteiger charge is 2.39. The average Bonchev–Trinajstić information content (AvgIpc) is 3.17. The van der Waals surface area contributed by atoms with Crippen LogP contribution in [0.5, 0.6) is 0 Å². The van der Waals surface area contributed by atoms with E-state index in [1.54, 1.807) is 66.2 Å². The summed E-state index contributed by atoms with van der Waals surface area (Å²) in [7, 11) is 0.0742. The minimum atomic E-state index is -3.59. The lowest BCUT2D eigenvalue weighted by Gasteiger charge is -2.34. The van der Waals surface area contributed by atoms with E-state index in [0.29, 0.717) is 24.0 Å². The molecular weight excluding hydrogens is 504 g/mol. The number of amides is 1. The number of nitriles is 1. The minimum absolute atomic E-state index is 0.0429. The number of nitrogens with zero attached hydrogens (tertiary/aromatic N) is 4. The summed E-state index contributed by atoms with van der Waals surface area (Å²) in [4.78, 5) is 21.1. The lowest BCUT2D eigenvalue weighted by molar-refractivity contribution is -0.132. The number of piperidine rings is 1. The summed E-state index contributed by atoms with van der Waals surface area (Å²) in [6.45, 7) is 1.17. The first-order chi connectivity index (χ1) is 16.7. The molecule has 0 bridgehead atoms. The number of fused-ring (bicyclic) bond motifs is 1. The number of aliphatic imine (C=N–C) groups is 1. The molecule has 10 heteroatoms. The lowest BCUT2D eigenvalue weighted by Crippen LogP contribution is -2.41. The van der Waals surface area contributed by atoms with Crippen molar-refractivity contribution in [3.8, 4) is 6.07 Å². The molecule has 0 N–H and O–H groups in total. The van der Waals surface area contributed by atoms with E-state index in [1.165, 1.54) is 0 Å². The summed E-state index contributed by atoms with van der Waals surface area (Å²) < 4.78 is 25.8. The number of sulfone groups is 1. The third-order valence-corrected chi connectivity index (χ3v) is 10.1. The van der Waals surface area contributed by atoms with Gasteiger partial charge >= 0.3 is 0 Å². The largest absolute Gasteiger partial charge is 0.343 e. The van der Waals surface area contributed by atoms with Gasteiger partial charge in [0.1, 0.15) is 0 Å². The van der Waals surface area contributed by atoms with E-state index in [4.69, 9.17) is 11.6 Å². The summed E-state index contributed by atoms with van der Waals surface area (Å²) >= 11 is 7.67. The monoisotopic (exact) mass is 530 g/mol. The molecule has 0 spiro atoms. The fourth-order valence-corrected chi connectivity index (χ4v) is 7.53. The Morgan fingerprint density at radius 3 is 2.60 bits per heavy atom. The summed E-state index contributed by atoms with van der Waals surface area (Å²) in [6, 6.07) is 12.4. The molecule has 2 aromatic carbocycles. The Balaban J connectivity index is 1.35. The second kappa shape index (κ2) is 10.6. The van der Waals surface area contributed by atoms with Crippen LogP contribution in [0.25, 0.3) is 10.8 Å². The van der Waals surface area contributed by atoms with Crippen molar-refractivity contribution in [2.45, 2.75) is 29.4 Å². The molecule has 2 aliphatic heterocycles. The molecule has 2 heterocycles. The maximum absolute atomic E-state index is 12.9. The van der Waals surface area contributed by atoms with Gasteiger partial charge in [0.2, 0.25) is 5.91 Å². The molecule has 2 aromatic rings. The number of amidine groups is 1. The van der Waals surface area contributed by atoms with E-state index in [1.807, 2.05) is 11.9 Å². The molecule has 0 aliphatic carbocycles. The van der Waals surface area contributed by atoms with Crippen LogP contribution in [0.4, 0.5) is 0 Å². The van der Waals surface area contributed by atoms with Crippen LogP contribution in [-0.2, 0) is 14.6 Å². The zero-order valence-electron chi connectivity index (χ0n) is 19.6.